The number of furan rings is 1. The molecule has 4 heterocycles. The Morgan fingerprint density at radius 3 is 2.10 bits per heavy atom. The van der Waals surface area contributed by atoms with Gasteiger partial charge in [-0.2, -0.15) is 0 Å². The summed E-state index contributed by atoms with van der Waals surface area (Å²) in [5, 5.41) is 2.51. The molecule has 0 fully saturated rings. The third-order valence-corrected chi connectivity index (χ3v) is 13.5. The third kappa shape index (κ3) is 8.90. The summed E-state index contributed by atoms with van der Waals surface area (Å²) >= 11 is 0. The molecule has 1 radical (unpaired) electrons. The van der Waals surface area contributed by atoms with Crippen LogP contribution in [0.25, 0.3) is 72.6 Å². The number of imidazole rings is 1. The summed E-state index contributed by atoms with van der Waals surface area (Å²) in [5.74, 6) is 2.07. The van der Waals surface area contributed by atoms with Gasteiger partial charge in [-0.05, 0) is 99.1 Å². The quantitative estimate of drug-likeness (QED) is 0.107. The average Bonchev–Trinajstić information content (AvgIpc) is 3.83. The molecule has 0 amide bonds. The molecule has 0 atom stereocenters. The Kier molecular flexibility index (Phi) is 13.3. The predicted octanol–water partition coefficient (Wildman–Crippen LogP) is 14.3. The van der Waals surface area contributed by atoms with E-state index in [0.29, 0.717) is 5.92 Å². The Labute approximate surface area is 382 Å². The van der Waals surface area contributed by atoms with Gasteiger partial charge in [0.05, 0.1) is 36.0 Å². The van der Waals surface area contributed by atoms with Gasteiger partial charge in [0.1, 0.15) is 5.58 Å². The predicted molar refractivity (Wildman–Crippen MR) is 259 cm³/mol. The van der Waals surface area contributed by atoms with Gasteiger partial charge in [0, 0.05) is 38.2 Å². The summed E-state index contributed by atoms with van der Waals surface area (Å²) in [5.41, 5.74) is 16.2. The number of hydrogen-bond donors (Lipinski definition) is 0. The normalized spacial score (nSPS) is 11.8. The Balaban J connectivity index is 0.000000233. The van der Waals surface area contributed by atoms with Crippen molar-refractivity contribution in [3.05, 3.63) is 162 Å². The fourth-order valence-electron chi connectivity index (χ4n) is 8.47. The SMILES string of the molecule is CC(C)Cc1cc(-c2[c-]cccc2)ncc1[Si](C)(C)C.Cc1c[c-]c(-c2nc3ccccc3n2-c2c(C(C)C)cc(-c3ccccc3)cc2C(C)C)c2oc3cccnc3c12.[Ir]. The smallest absolute Gasteiger partial charge is 0.139 e. The zero-order chi connectivity index (χ0) is 43.0. The van der Waals surface area contributed by atoms with Crippen LogP contribution < -0.4 is 5.19 Å². The molecule has 9 rings (SSSR count). The van der Waals surface area contributed by atoms with Crippen LogP contribution in [0.3, 0.4) is 0 Å². The van der Waals surface area contributed by atoms with E-state index in [4.69, 9.17) is 9.40 Å². The van der Waals surface area contributed by atoms with Crippen molar-refractivity contribution >= 4 is 46.4 Å². The number of aryl methyl sites for hydroxylation is 1. The van der Waals surface area contributed by atoms with Crippen LogP contribution in [-0.2, 0) is 26.5 Å². The minimum atomic E-state index is -1.34. The Morgan fingerprint density at radius 1 is 0.742 bits per heavy atom. The fraction of sp³-hybridized carbons (Fsp3) is 0.255. The van der Waals surface area contributed by atoms with Crippen molar-refractivity contribution in [2.75, 3.05) is 0 Å². The molecule has 0 bridgehead atoms. The molecule has 9 aromatic rings. The number of rotatable bonds is 9. The minimum absolute atomic E-state index is 0. The molecule has 317 valence electrons. The van der Waals surface area contributed by atoms with Crippen molar-refractivity contribution in [1.82, 2.24) is 19.5 Å². The molecular formula is C55H56IrN4OSi-2. The van der Waals surface area contributed by atoms with Crippen LogP contribution in [-0.4, -0.2) is 27.6 Å². The molecule has 0 aliphatic rings. The van der Waals surface area contributed by atoms with Gasteiger partial charge in [0.15, 0.2) is 0 Å². The van der Waals surface area contributed by atoms with Gasteiger partial charge in [-0.3, -0.25) is 9.97 Å². The van der Waals surface area contributed by atoms with Crippen LogP contribution in [0.5, 0.6) is 0 Å². The summed E-state index contributed by atoms with van der Waals surface area (Å²) in [4.78, 5) is 14.6. The van der Waals surface area contributed by atoms with Gasteiger partial charge >= 0.3 is 0 Å². The largest absolute Gasteiger partial charge is 0.499 e. The van der Waals surface area contributed by atoms with Crippen molar-refractivity contribution in [3.63, 3.8) is 0 Å². The van der Waals surface area contributed by atoms with Crippen LogP contribution in [0, 0.1) is 25.0 Å². The van der Waals surface area contributed by atoms with E-state index in [2.05, 4.69) is 174 Å². The van der Waals surface area contributed by atoms with E-state index in [-0.39, 0.29) is 31.9 Å². The van der Waals surface area contributed by atoms with Crippen molar-refractivity contribution < 1.29 is 24.5 Å². The maximum absolute atomic E-state index is 6.49. The number of fused-ring (bicyclic) bond motifs is 4. The summed E-state index contributed by atoms with van der Waals surface area (Å²) in [6, 6.07) is 46.9. The molecule has 5 aromatic carbocycles. The van der Waals surface area contributed by atoms with Crippen molar-refractivity contribution in [2.24, 2.45) is 5.92 Å². The van der Waals surface area contributed by atoms with Crippen molar-refractivity contribution in [1.29, 1.82) is 0 Å². The maximum Gasteiger partial charge on any atom is 0.139 e. The van der Waals surface area contributed by atoms with Crippen molar-refractivity contribution in [2.45, 2.75) is 86.4 Å². The molecule has 0 unspecified atom stereocenters. The second-order valence-electron chi connectivity index (χ2n) is 18.3. The maximum atomic E-state index is 6.49. The van der Waals surface area contributed by atoms with Gasteiger partial charge < -0.3 is 14.0 Å². The second kappa shape index (κ2) is 18.5. The van der Waals surface area contributed by atoms with Gasteiger partial charge in [-0.1, -0.05) is 128 Å². The number of nitrogens with zero attached hydrogens (tertiary/aromatic N) is 4. The van der Waals surface area contributed by atoms with Crippen LogP contribution >= 0.6 is 0 Å². The standard InChI is InChI=1S/C37H32N3O.C18H24NSi.Ir/c1-22(2)28-20-26(25-12-7-6-8-13-25)21-29(23(3)4)35(28)40-31-15-10-9-14-30(31)39-37(40)27-18-17-24(5)33-34-32(41-36(27)33)16-11-19-38-34;1-14(2)11-16-12-17(15-9-7-6-8-10-15)19-13-18(16)20(3,4)5;/h6-17,19-23H,1-5H3;6-9,12-14H,11H2,1-5H3;/q2*-1;. The van der Waals surface area contributed by atoms with E-state index in [1.807, 2.05) is 48.7 Å². The van der Waals surface area contributed by atoms with Gasteiger partial charge in [0.2, 0.25) is 0 Å². The average molecular weight is 1010 g/mol. The molecule has 0 N–H and O–H groups in total. The summed E-state index contributed by atoms with van der Waals surface area (Å²) < 4.78 is 8.83. The monoisotopic (exact) mass is 1010 g/mol. The molecule has 5 nitrogen and oxygen atoms in total. The molecule has 7 heteroatoms. The topological polar surface area (TPSA) is 56.7 Å². The number of hydrogen-bond acceptors (Lipinski definition) is 4. The van der Waals surface area contributed by atoms with Gasteiger partial charge in [-0.15, -0.1) is 53.6 Å². The first kappa shape index (κ1) is 44.6. The van der Waals surface area contributed by atoms with E-state index in [1.54, 1.807) is 0 Å². The summed E-state index contributed by atoms with van der Waals surface area (Å²) in [6.45, 7) is 22.9. The third-order valence-electron chi connectivity index (χ3n) is 11.4. The number of benzene rings is 5. The molecule has 4 aromatic heterocycles. The first-order valence-electron chi connectivity index (χ1n) is 21.7. The van der Waals surface area contributed by atoms with E-state index < -0.39 is 8.07 Å². The molecule has 0 saturated carbocycles. The summed E-state index contributed by atoms with van der Waals surface area (Å²) in [7, 11) is -1.34. The molecule has 0 spiro atoms. The molecule has 0 saturated heterocycles. The van der Waals surface area contributed by atoms with Gasteiger partial charge in [0.25, 0.3) is 0 Å². The van der Waals surface area contributed by atoms with E-state index >= 15 is 0 Å². The van der Waals surface area contributed by atoms with Crippen LogP contribution in [0.4, 0.5) is 0 Å². The first-order chi connectivity index (χ1) is 29.3. The Morgan fingerprint density at radius 2 is 1.44 bits per heavy atom. The molecule has 0 aliphatic heterocycles. The molecular weight excluding hydrogens is 953 g/mol. The zero-order valence-electron chi connectivity index (χ0n) is 37.6. The second-order valence-corrected chi connectivity index (χ2v) is 23.3. The van der Waals surface area contributed by atoms with Crippen LogP contribution in [0.15, 0.2) is 132 Å². The molecule has 62 heavy (non-hydrogen) atoms. The number of para-hydroxylation sites is 2. The Bertz CT molecular complexity index is 2950. The Hall–Kier alpha value is -5.46. The first-order valence-corrected chi connectivity index (χ1v) is 25.2. The van der Waals surface area contributed by atoms with Gasteiger partial charge in [-0.25, -0.2) is 0 Å². The minimum Gasteiger partial charge on any atom is -0.499 e. The summed E-state index contributed by atoms with van der Waals surface area (Å²) in [6.07, 6.45) is 5.06. The fourth-order valence-corrected chi connectivity index (χ4v) is 10.1. The zero-order valence-corrected chi connectivity index (χ0v) is 41.0. The van der Waals surface area contributed by atoms with Crippen LogP contribution in [0.1, 0.15) is 75.6 Å². The molecule has 0 aliphatic carbocycles. The number of aromatic nitrogens is 4. The van der Waals surface area contributed by atoms with E-state index in [1.165, 1.54) is 38.7 Å². The van der Waals surface area contributed by atoms with Crippen molar-refractivity contribution in [3.8, 4) is 39.5 Å². The number of pyridine rings is 2. The van der Waals surface area contributed by atoms with Crippen LogP contribution in [0.2, 0.25) is 19.6 Å². The van der Waals surface area contributed by atoms with E-state index in [9.17, 15) is 0 Å². The van der Waals surface area contributed by atoms with E-state index in [0.717, 1.165) is 67.7 Å².